The average molecular weight is 607 g/mol. The lowest BCUT2D eigenvalue weighted by Crippen LogP contribution is -2.56. The van der Waals surface area contributed by atoms with Crippen LogP contribution in [0.1, 0.15) is 43.4 Å². The molecule has 43 heavy (non-hydrogen) atoms. The Kier molecular flexibility index (Phi) is 13.5. The van der Waals surface area contributed by atoms with Gasteiger partial charge in [-0.2, -0.15) is 0 Å². The van der Waals surface area contributed by atoms with E-state index in [1.807, 2.05) is 0 Å². The first-order chi connectivity index (χ1) is 20.4. The number of carboxylic acid groups (broad SMARTS) is 2. The first-order valence-corrected chi connectivity index (χ1v) is 13.2. The van der Waals surface area contributed by atoms with E-state index in [1.165, 1.54) is 24.3 Å². The van der Waals surface area contributed by atoms with Crippen LogP contribution >= 0.6 is 0 Å². The summed E-state index contributed by atoms with van der Waals surface area (Å²) >= 11 is 0. The van der Waals surface area contributed by atoms with Crippen molar-refractivity contribution >= 4 is 29.8 Å². The Morgan fingerprint density at radius 3 is 2.09 bits per heavy atom. The Morgan fingerprint density at radius 2 is 1.51 bits per heavy atom. The van der Waals surface area contributed by atoms with Gasteiger partial charge in [0.25, 0.3) is 0 Å². The molecular formula is C27H34N4O12. The van der Waals surface area contributed by atoms with E-state index in [9.17, 15) is 44.1 Å². The molecular weight excluding hydrogens is 572 g/mol. The SMILES string of the molecule is NCCCC[C@H](NC(=O)OCc1cc(=O)c(O)co1)C(=O)N[C@@H](CCC(=O)O)C(=O)N[C@@H](Cc1ccc(O)cc1)C(=O)O. The van der Waals surface area contributed by atoms with Crippen LogP contribution < -0.4 is 27.1 Å². The van der Waals surface area contributed by atoms with Crippen LogP contribution in [-0.2, 0) is 36.9 Å². The summed E-state index contributed by atoms with van der Waals surface area (Å²) in [6.07, 6.45) is -0.507. The molecule has 9 N–H and O–H groups in total. The predicted octanol–water partition coefficient (Wildman–Crippen LogP) is -0.0635. The van der Waals surface area contributed by atoms with E-state index in [0.29, 0.717) is 24.9 Å². The third kappa shape index (κ3) is 12.1. The summed E-state index contributed by atoms with van der Waals surface area (Å²) < 4.78 is 9.92. The molecule has 0 saturated carbocycles. The lowest BCUT2D eigenvalue weighted by molar-refractivity contribution is -0.143. The highest BCUT2D eigenvalue weighted by molar-refractivity contribution is 5.93. The van der Waals surface area contributed by atoms with Gasteiger partial charge in [-0.1, -0.05) is 12.1 Å². The summed E-state index contributed by atoms with van der Waals surface area (Å²) in [5.41, 5.74) is 5.23. The van der Waals surface area contributed by atoms with Gasteiger partial charge in [0, 0.05) is 18.9 Å². The van der Waals surface area contributed by atoms with E-state index in [-0.39, 0.29) is 24.4 Å². The summed E-state index contributed by atoms with van der Waals surface area (Å²) in [4.78, 5) is 73.2. The molecule has 3 atom stereocenters. The molecule has 16 heteroatoms. The Morgan fingerprint density at radius 1 is 0.884 bits per heavy atom. The van der Waals surface area contributed by atoms with Crippen molar-refractivity contribution in [3.8, 4) is 11.5 Å². The summed E-state index contributed by atoms with van der Waals surface area (Å²) in [7, 11) is 0. The third-order valence-electron chi connectivity index (χ3n) is 6.04. The highest BCUT2D eigenvalue weighted by atomic mass is 16.6. The van der Waals surface area contributed by atoms with Gasteiger partial charge in [0.1, 0.15) is 35.9 Å². The number of ether oxygens (including phenoxy) is 1. The fraction of sp³-hybridized carbons (Fsp3) is 0.407. The third-order valence-corrected chi connectivity index (χ3v) is 6.04. The second-order valence-corrected chi connectivity index (χ2v) is 9.42. The second-order valence-electron chi connectivity index (χ2n) is 9.42. The van der Waals surface area contributed by atoms with E-state index in [2.05, 4.69) is 16.0 Å². The number of unbranched alkanes of at least 4 members (excludes halogenated alkanes) is 1. The molecule has 0 aliphatic rings. The fourth-order valence-electron chi connectivity index (χ4n) is 3.75. The van der Waals surface area contributed by atoms with Crippen molar-refractivity contribution in [3.05, 3.63) is 58.1 Å². The smallest absolute Gasteiger partial charge is 0.408 e. The topological polar surface area (TPSA) is 268 Å². The monoisotopic (exact) mass is 606 g/mol. The lowest BCUT2D eigenvalue weighted by Gasteiger charge is -2.24. The van der Waals surface area contributed by atoms with Crippen molar-refractivity contribution in [1.29, 1.82) is 0 Å². The highest BCUT2D eigenvalue weighted by Gasteiger charge is 2.30. The van der Waals surface area contributed by atoms with E-state index in [4.69, 9.17) is 20.0 Å². The van der Waals surface area contributed by atoms with Crippen LogP contribution in [0.4, 0.5) is 4.79 Å². The standard InChI is InChI=1S/C27H34N4O12/c28-10-2-1-3-18(31-27(41)43-13-17-12-21(33)22(34)14-42-17)24(37)29-19(8-9-23(35)36)25(38)30-20(26(39)40)11-15-4-6-16(32)7-5-15/h4-7,12,14,18-20,32,34H,1-3,8-11,13,28H2,(H,29,37)(H,30,38)(H,31,41)(H,35,36)(H,39,40)/t18-,19-,20-/m0/s1. The summed E-state index contributed by atoms with van der Waals surface area (Å²) in [5.74, 6) is -5.27. The molecule has 0 aliphatic carbocycles. The predicted molar refractivity (Wildman–Crippen MR) is 147 cm³/mol. The van der Waals surface area contributed by atoms with Crippen LogP contribution in [0.2, 0.25) is 0 Å². The molecule has 0 aliphatic heterocycles. The van der Waals surface area contributed by atoms with E-state index >= 15 is 0 Å². The number of carbonyl (C=O) groups excluding carboxylic acids is 3. The number of nitrogens with two attached hydrogens (primary N) is 1. The van der Waals surface area contributed by atoms with Gasteiger partial charge in [-0.15, -0.1) is 0 Å². The van der Waals surface area contributed by atoms with E-state index in [0.717, 1.165) is 12.3 Å². The zero-order chi connectivity index (χ0) is 31.9. The number of alkyl carbamates (subject to hydrolysis) is 1. The van der Waals surface area contributed by atoms with Crippen LogP contribution in [-0.4, -0.2) is 74.9 Å². The number of phenols is 1. The quantitative estimate of drug-likeness (QED) is 0.110. The minimum Gasteiger partial charge on any atom is -0.508 e. The van der Waals surface area contributed by atoms with Crippen molar-refractivity contribution in [3.63, 3.8) is 0 Å². The van der Waals surface area contributed by atoms with Crippen molar-refractivity contribution < 1.29 is 53.6 Å². The van der Waals surface area contributed by atoms with Gasteiger partial charge in [-0.25, -0.2) is 9.59 Å². The van der Waals surface area contributed by atoms with Crippen LogP contribution in [0, 0.1) is 0 Å². The number of amides is 3. The molecule has 0 saturated heterocycles. The highest BCUT2D eigenvalue weighted by Crippen LogP contribution is 2.12. The maximum Gasteiger partial charge on any atom is 0.408 e. The van der Waals surface area contributed by atoms with Gasteiger partial charge < -0.3 is 51.3 Å². The minimum atomic E-state index is -1.48. The van der Waals surface area contributed by atoms with Crippen LogP contribution in [0.15, 0.2) is 45.8 Å². The van der Waals surface area contributed by atoms with Crippen molar-refractivity contribution in [1.82, 2.24) is 16.0 Å². The number of hydrogen-bond acceptors (Lipinski definition) is 11. The number of aliphatic carboxylic acids is 2. The molecule has 16 nitrogen and oxygen atoms in total. The molecule has 0 fully saturated rings. The minimum absolute atomic E-state index is 0.0402. The molecule has 0 bridgehead atoms. The summed E-state index contributed by atoms with van der Waals surface area (Å²) in [6.45, 7) is -0.223. The largest absolute Gasteiger partial charge is 0.508 e. The number of benzene rings is 1. The maximum atomic E-state index is 13.2. The summed E-state index contributed by atoms with van der Waals surface area (Å²) in [6, 6.07) is 2.33. The van der Waals surface area contributed by atoms with Crippen molar-refractivity contribution in [2.24, 2.45) is 5.73 Å². The summed E-state index contributed by atoms with van der Waals surface area (Å²) in [5, 5.41) is 44.5. The van der Waals surface area contributed by atoms with Crippen molar-refractivity contribution in [2.75, 3.05) is 6.54 Å². The molecule has 234 valence electrons. The Hall–Kier alpha value is -5.12. The normalized spacial score (nSPS) is 12.8. The average Bonchev–Trinajstić information content (AvgIpc) is 2.95. The molecule has 0 radical (unpaired) electrons. The van der Waals surface area contributed by atoms with Gasteiger partial charge in [-0.05, 0) is 49.9 Å². The van der Waals surface area contributed by atoms with Crippen LogP contribution in [0.5, 0.6) is 11.5 Å². The zero-order valence-electron chi connectivity index (χ0n) is 23.0. The Bertz CT molecular complexity index is 1330. The molecule has 1 aromatic heterocycles. The molecule has 3 amide bonds. The van der Waals surface area contributed by atoms with Crippen LogP contribution in [0.25, 0.3) is 0 Å². The molecule has 2 rings (SSSR count). The number of carbonyl (C=O) groups is 5. The van der Waals surface area contributed by atoms with Crippen LogP contribution in [0.3, 0.4) is 0 Å². The zero-order valence-corrected chi connectivity index (χ0v) is 23.0. The van der Waals surface area contributed by atoms with Gasteiger partial charge in [0.2, 0.25) is 17.2 Å². The molecule has 1 heterocycles. The number of phenolic OH excluding ortho intramolecular Hbond substituents is 1. The van der Waals surface area contributed by atoms with Gasteiger partial charge in [0.15, 0.2) is 12.4 Å². The van der Waals surface area contributed by atoms with E-state index in [1.54, 1.807) is 0 Å². The first kappa shape index (κ1) is 34.1. The number of hydrogen-bond donors (Lipinski definition) is 8. The molecule has 2 aromatic rings. The number of nitrogens with one attached hydrogen (secondary N) is 3. The molecule has 0 spiro atoms. The van der Waals surface area contributed by atoms with Gasteiger partial charge >= 0.3 is 18.0 Å². The second kappa shape index (κ2) is 17.0. The Balaban J connectivity index is 2.13. The maximum absolute atomic E-state index is 13.2. The van der Waals surface area contributed by atoms with E-state index < -0.39 is 78.6 Å². The number of aromatic hydroxyl groups is 2. The van der Waals surface area contributed by atoms with Gasteiger partial charge in [0.05, 0.1) is 0 Å². The first-order valence-electron chi connectivity index (χ1n) is 13.2. The Labute approximate surface area is 244 Å². The number of carboxylic acids is 2. The fourth-order valence-corrected chi connectivity index (χ4v) is 3.75. The molecule has 0 unspecified atom stereocenters. The van der Waals surface area contributed by atoms with Gasteiger partial charge in [-0.3, -0.25) is 19.2 Å². The number of rotatable bonds is 17. The van der Waals surface area contributed by atoms with Crippen molar-refractivity contribution in [2.45, 2.75) is 63.3 Å². The lowest BCUT2D eigenvalue weighted by atomic mass is 10.0. The molecule has 1 aromatic carbocycles.